The lowest BCUT2D eigenvalue weighted by atomic mass is 10.1. The molecule has 1 saturated heterocycles. The average molecular weight is 376 g/mol. The number of pyridine rings is 1. The Kier molecular flexibility index (Phi) is 4.72. The largest absolute Gasteiger partial charge is 0.416 e. The van der Waals surface area contributed by atoms with Crippen molar-refractivity contribution in [3.63, 3.8) is 0 Å². The highest BCUT2D eigenvalue weighted by Gasteiger charge is 2.41. The summed E-state index contributed by atoms with van der Waals surface area (Å²) in [5, 5.41) is 1.94. The van der Waals surface area contributed by atoms with Crippen LogP contribution in [0.2, 0.25) is 0 Å². The second-order valence-corrected chi connectivity index (χ2v) is 5.48. The first-order valence-electron chi connectivity index (χ1n) is 7.57. The van der Waals surface area contributed by atoms with E-state index in [0.717, 1.165) is 24.4 Å². The fourth-order valence-electron chi connectivity index (χ4n) is 2.38. The summed E-state index contributed by atoms with van der Waals surface area (Å²) in [7, 11) is 0. The number of rotatable bonds is 3. The maximum atomic E-state index is 12.9. The molecule has 1 aliphatic rings. The van der Waals surface area contributed by atoms with E-state index in [4.69, 9.17) is 0 Å². The smallest absolute Gasteiger partial charge is 0.276 e. The summed E-state index contributed by atoms with van der Waals surface area (Å²) in [6.07, 6.45) is -0.743. The van der Waals surface area contributed by atoms with Crippen molar-refractivity contribution in [2.45, 2.75) is 6.18 Å². The Balaban J connectivity index is 1.92. The van der Waals surface area contributed by atoms with Crippen LogP contribution in [0.5, 0.6) is 0 Å². The number of hydrogen-bond donors (Lipinski definition) is 1. The number of barbiturate groups is 1. The minimum atomic E-state index is -4.65. The molecule has 4 amide bonds. The van der Waals surface area contributed by atoms with Gasteiger partial charge in [-0.25, -0.2) is 9.69 Å². The van der Waals surface area contributed by atoms with Gasteiger partial charge in [-0.1, -0.05) is 6.07 Å². The van der Waals surface area contributed by atoms with E-state index in [1.165, 1.54) is 12.4 Å². The normalized spacial score (nSPS) is 18.1. The molecule has 0 radical (unpaired) electrons. The van der Waals surface area contributed by atoms with Gasteiger partial charge in [0.15, 0.2) is 5.92 Å². The maximum Gasteiger partial charge on any atom is 0.416 e. The van der Waals surface area contributed by atoms with Gasteiger partial charge in [0.25, 0.3) is 5.91 Å². The number of nitrogens with one attached hydrogen (secondary N) is 1. The summed E-state index contributed by atoms with van der Waals surface area (Å²) in [4.78, 5) is 44.9. The van der Waals surface area contributed by atoms with Crippen LogP contribution >= 0.6 is 0 Å². The highest BCUT2D eigenvalue weighted by Crippen LogP contribution is 2.32. The van der Waals surface area contributed by atoms with E-state index in [1.807, 2.05) is 5.32 Å². The standard InChI is InChI=1S/C17H11F3N4O3/c18-17(19,20)10-3-1-5-12(7-10)24-15(26)13(14(25)23-16(24)27)9-22-11-4-2-6-21-8-11/h1-9,13H,(H,23,25,27)/t13-/m1/s1. The summed E-state index contributed by atoms with van der Waals surface area (Å²) < 4.78 is 38.7. The maximum absolute atomic E-state index is 12.9. The zero-order chi connectivity index (χ0) is 19.6. The monoisotopic (exact) mass is 376 g/mol. The first-order chi connectivity index (χ1) is 12.8. The summed E-state index contributed by atoms with van der Waals surface area (Å²) in [5.74, 6) is -3.39. The molecule has 1 aromatic heterocycles. The van der Waals surface area contributed by atoms with E-state index in [-0.39, 0.29) is 5.69 Å². The Morgan fingerprint density at radius 1 is 1.15 bits per heavy atom. The summed E-state index contributed by atoms with van der Waals surface area (Å²) >= 11 is 0. The lowest BCUT2D eigenvalue weighted by Crippen LogP contribution is -2.58. The van der Waals surface area contributed by atoms with Gasteiger partial charge in [0.2, 0.25) is 5.91 Å². The van der Waals surface area contributed by atoms with Crippen LogP contribution < -0.4 is 10.2 Å². The summed E-state index contributed by atoms with van der Waals surface area (Å²) in [6.45, 7) is 0. The molecule has 2 heterocycles. The molecule has 0 saturated carbocycles. The van der Waals surface area contributed by atoms with Crippen molar-refractivity contribution in [3.05, 3.63) is 54.4 Å². The topological polar surface area (TPSA) is 91.7 Å². The molecule has 138 valence electrons. The minimum absolute atomic E-state index is 0.306. The fourth-order valence-corrected chi connectivity index (χ4v) is 2.38. The fraction of sp³-hybridized carbons (Fsp3) is 0.118. The van der Waals surface area contributed by atoms with Gasteiger partial charge in [0, 0.05) is 12.4 Å². The number of hydrogen-bond acceptors (Lipinski definition) is 5. The van der Waals surface area contributed by atoms with Crippen molar-refractivity contribution in [2.24, 2.45) is 10.9 Å². The van der Waals surface area contributed by atoms with Crippen molar-refractivity contribution >= 4 is 35.4 Å². The minimum Gasteiger partial charge on any atom is -0.276 e. The lowest BCUT2D eigenvalue weighted by Gasteiger charge is -2.28. The second kappa shape index (κ2) is 6.98. The molecule has 1 N–H and O–H groups in total. The molecule has 27 heavy (non-hydrogen) atoms. The van der Waals surface area contributed by atoms with Crippen LogP contribution in [0.25, 0.3) is 0 Å². The number of imide groups is 2. The van der Waals surface area contributed by atoms with Crippen LogP contribution in [0, 0.1) is 5.92 Å². The Morgan fingerprint density at radius 3 is 2.59 bits per heavy atom. The second-order valence-electron chi connectivity index (χ2n) is 5.48. The number of halogens is 3. The third-order valence-electron chi connectivity index (χ3n) is 3.65. The van der Waals surface area contributed by atoms with E-state index < -0.39 is 35.5 Å². The van der Waals surface area contributed by atoms with Gasteiger partial charge < -0.3 is 0 Å². The van der Waals surface area contributed by atoms with Crippen LogP contribution in [0.4, 0.5) is 29.3 Å². The average Bonchev–Trinajstić information content (AvgIpc) is 2.61. The first kappa shape index (κ1) is 18.2. The van der Waals surface area contributed by atoms with Crippen LogP contribution in [-0.4, -0.2) is 29.0 Å². The number of amides is 4. The molecule has 7 nitrogen and oxygen atoms in total. The van der Waals surface area contributed by atoms with Crippen LogP contribution in [0.1, 0.15) is 5.56 Å². The lowest BCUT2D eigenvalue weighted by molar-refractivity contribution is -0.138. The molecule has 3 rings (SSSR count). The molecule has 1 aliphatic heterocycles. The zero-order valence-electron chi connectivity index (χ0n) is 13.5. The van der Waals surface area contributed by atoms with Gasteiger partial charge in [-0.2, -0.15) is 13.2 Å². The van der Waals surface area contributed by atoms with Gasteiger partial charge >= 0.3 is 12.2 Å². The van der Waals surface area contributed by atoms with Crippen LogP contribution in [0.3, 0.4) is 0 Å². The number of anilines is 1. The van der Waals surface area contributed by atoms with E-state index in [1.54, 1.807) is 12.1 Å². The quantitative estimate of drug-likeness (QED) is 0.659. The number of alkyl halides is 3. The number of benzene rings is 1. The van der Waals surface area contributed by atoms with Gasteiger partial charge in [-0.15, -0.1) is 0 Å². The van der Waals surface area contributed by atoms with Crippen LogP contribution in [0.15, 0.2) is 53.8 Å². The van der Waals surface area contributed by atoms with Gasteiger partial charge in [0.1, 0.15) is 0 Å². The molecule has 10 heteroatoms. The van der Waals surface area contributed by atoms with Crippen LogP contribution in [-0.2, 0) is 15.8 Å². The SMILES string of the molecule is O=C1NC(=O)N(c2cccc(C(F)(F)F)c2)C(=O)[C@@H]1C=Nc1cccnc1. The third kappa shape index (κ3) is 3.84. The Bertz CT molecular complexity index is 929. The third-order valence-corrected chi connectivity index (χ3v) is 3.65. The van der Waals surface area contributed by atoms with Crippen molar-refractivity contribution in [1.82, 2.24) is 10.3 Å². The number of aliphatic imine (C=N–C) groups is 1. The molecule has 0 bridgehead atoms. The zero-order valence-corrected chi connectivity index (χ0v) is 13.5. The van der Waals surface area contributed by atoms with Gasteiger partial charge in [-0.05, 0) is 30.3 Å². The summed E-state index contributed by atoms with van der Waals surface area (Å²) in [6, 6.07) is 5.73. The first-order valence-corrected chi connectivity index (χ1v) is 7.57. The molecule has 2 aromatic rings. The Hall–Kier alpha value is -3.56. The Labute approximate surface area is 150 Å². The predicted molar refractivity (Wildman–Crippen MR) is 88.3 cm³/mol. The molecular formula is C17H11F3N4O3. The van der Waals surface area contributed by atoms with E-state index in [0.29, 0.717) is 16.7 Å². The van der Waals surface area contributed by atoms with Crippen molar-refractivity contribution in [3.8, 4) is 0 Å². The predicted octanol–water partition coefficient (Wildman–Crippen LogP) is 2.70. The molecule has 1 atom stereocenters. The van der Waals surface area contributed by atoms with E-state index >= 15 is 0 Å². The number of carbonyl (C=O) groups is 3. The van der Waals surface area contributed by atoms with Crippen molar-refractivity contribution in [2.75, 3.05) is 4.90 Å². The summed E-state index contributed by atoms with van der Waals surface area (Å²) in [5.41, 5.74) is -0.974. The molecule has 1 fully saturated rings. The number of nitrogens with zero attached hydrogens (tertiary/aromatic N) is 3. The van der Waals surface area contributed by atoms with E-state index in [9.17, 15) is 27.6 Å². The molecule has 0 unspecified atom stereocenters. The Morgan fingerprint density at radius 2 is 1.93 bits per heavy atom. The van der Waals surface area contributed by atoms with Crippen molar-refractivity contribution < 1.29 is 27.6 Å². The molecule has 0 aliphatic carbocycles. The number of aromatic nitrogens is 1. The van der Waals surface area contributed by atoms with Gasteiger partial charge in [-0.3, -0.25) is 24.9 Å². The highest BCUT2D eigenvalue weighted by molar-refractivity contribution is 6.32. The molecular weight excluding hydrogens is 365 g/mol. The van der Waals surface area contributed by atoms with E-state index in [2.05, 4.69) is 9.98 Å². The molecule has 0 spiro atoms. The van der Waals surface area contributed by atoms with Crippen molar-refractivity contribution in [1.29, 1.82) is 0 Å². The number of carbonyl (C=O) groups excluding carboxylic acids is 3. The number of urea groups is 1. The molecule has 1 aromatic carbocycles. The highest BCUT2D eigenvalue weighted by atomic mass is 19.4. The van der Waals surface area contributed by atoms with Gasteiger partial charge in [0.05, 0.1) is 23.1 Å².